The smallest absolute Gasteiger partial charge is 0.276 e. The first-order valence-electron chi connectivity index (χ1n) is 5.30. The van der Waals surface area contributed by atoms with Crippen molar-refractivity contribution in [3.8, 4) is 0 Å². The fourth-order valence-corrected chi connectivity index (χ4v) is 1.16. The minimum Gasteiger partial charge on any atom is -0.276 e. The number of hydrogen-bond donors (Lipinski definition) is 0. The van der Waals surface area contributed by atoms with Gasteiger partial charge in [0.15, 0.2) is 0 Å². The van der Waals surface area contributed by atoms with Crippen LogP contribution >= 0.6 is 11.6 Å². The number of rotatable bonds is 2. The van der Waals surface area contributed by atoms with E-state index in [0.29, 0.717) is 19.3 Å². The van der Waals surface area contributed by atoms with E-state index in [0.717, 1.165) is 0 Å². The third kappa shape index (κ3) is 6.79. The Bertz CT molecular complexity index is 417. The fourth-order valence-electron chi connectivity index (χ4n) is 1.05. The van der Waals surface area contributed by atoms with E-state index in [2.05, 4.69) is 0 Å². The quantitative estimate of drug-likeness (QED) is 0.509. The van der Waals surface area contributed by atoms with Crippen LogP contribution in [0.2, 0.25) is 0 Å². The number of hydrogen-bond acceptors (Lipinski definition) is 1. The van der Waals surface area contributed by atoms with Gasteiger partial charge in [-0.3, -0.25) is 9.18 Å². The molecule has 0 bridgehead atoms. The van der Waals surface area contributed by atoms with Gasteiger partial charge in [0, 0.05) is 11.1 Å². The van der Waals surface area contributed by atoms with Gasteiger partial charge in [-0.2, -0.15) is 13.2 Å². The average molecular weight is 323 g/mol. The van der Waals surface area contributed by atoms with Crippen LogP contribution in [0.1, 0.15) is 41.8 Å². The maximum absolute atomic E-state index is 12.3. The van der Waals surface area contributed by atoms with E-state index in [1.165, 1.54) is 0 Å². The maximum Gasteiger partial charge on any atom is 0.416 e. The van der Waals surface area contributed by atoms with E-state index in [1.807, 2.05) is 13.8 Å². The molecule has 0 amide bonds. The van der Waals surface area contributed by atoms with Crippen LogP contribution in [-0.4, -0.2) is 12.4 Å². The second-order valence-electron chi connectivity index (χ2n) is 2.92. The summed E-state index contributed by atoms with van der Waals surface area (Å²) in [5.74, 6) is 0. The normalized spacial score (nSPS) is 10.2. The lowest BCUT2D eigenvalue weighted by molar-refractivity contribution is -0.137. The molecule has 0 aliphatic heterocycles. The van der Waals surface area contributed by atoms with Crippen molar-refractivity contribution < 1.29 is 31.1 Å². The van der Waals surface area contributed by atoms with E-state index in [9.17, 15) is 31.1 Å². The molecule has 116 valence electrons. The zero-order chi connectivity index (χ0) is 16.5. The monoisotopic (exact) mass is 322 g/mol. The van der Waals surface area contributed by atoms with Gasteiger partial charge in [0.05, 0.1) is 12.7 Å². The van der Waals surface area contributed by atoms with Crippen LogP contribution in [0.5, 0.6) is 0 Å². The number of carbonyl (C=O) groups is 1. The Morgan fingerprint density at radius 3 is 1.85 bits per heavy atom. The van der Waals surface area contributed by atoms with Crippen LogP contribution in [0.25, 0.3) is 0 Å². The van der Waals surface area contributed by atoms with Gasteiger partial charge in [0.25, 0.3) is 11.7 Å². The maximum atomic E-state index is 12.3. The summed E-state index contributed by atoms with van der Waals surface area (Å²) >= 11 is 4.95. The second kappa shape index (κ2) is 9.63. The van der Waals surface area contributed by atoms with Crippen molar-refractivity contribution in [3.63, 3.8) is 0 Å². The summed E-state index contributed by atoms with van der Waals surface area (Å²) in [6.07, 6.45) is -7.90. The predicted octanol–water partition coefficient (Wildman–Crippen LogP) is 5.63. The molecule has 8 heteroatoms. The van der Waals surface area contributed by atoms with Crippen LogP contribution in [0.4, 0.5) is 26.3 Å². The standard InChI is InChI=1S/C9H4ClF5O.C2H6.CH3F/c10-7(16)4-1-5(8(11)12)3-6(2-4)9(13,14)15;2*1-2/h1-3,8H;1-2H3;1H3. The molecule has 0 radical (unpaired) electrons. The second-order valence-corrected chi connectivity index (χ2v) is 3.26. The third-order valence-corrected chi connectivity index (χ3v) is 1.98. The highest BCUT2D eigenvalue weighted by Crippen LogP contribution is 2.33. The van der Waals surface area contributed by atoms with Crippen molar-refractivity contribution in [2.75, 3.05) is 7.18 Å². The molecule has 0 aliphatic rings. The van der Waals surface area contributed by atoms with Gasteiger partial charge in [-0.25, -0.2) is 8.78 Å². The number of halogens is 7. The Kier molecular flexibility index (Phi) is 10.1. The first kappa shape index (κ1) is 21.1. The molecule has 1 rings (SSSR count). The zero-order valence-corrected chi connectivity index (χ0v) is 11.6. The molecule has 0 aliphatic carbocycles. The summed E-state index contributed by atoms with van der Waals surface area (Å²) in [7, 11) is 0.500. The summed E-state index contributed by atoms with van der Waals surface area (Å²) in [4.78, 5) is 10.7. The van der Waals surface area contributed by atoms with Gasteiger partial charge in [0.2, 0.25) is 0 Å². The summed E-state index contributed by atoms with van der Waals surface area (Å²) in [6, 6.07) is 1.35. The van der Waals surface area contributed by atoms with Gasteiger partial charge in [-0.15, -0.1) is 0 Å². The van der Waals surface area contributed by atoms with Gasteiger partial charge < -0.3 is 0 Å². The lowest BCUT2D eigenvalue weighted by atomic mass is 10.1. The van der Waals surface area contributed by atoms with Crippen LogP contribution < -0.4 is 0 Å². The minimum absolute atomic E-state index is 0.286. The molecule has 20 heavy (non-hydrogen) atoms. The Morgan fingerprint density at radius 2 is 1.55 bits per heavy atom. The molecule has 0 atom stereocenters. The molecule has 0 aromatic heterocycles. The largest absolute Gasteiger partial charge is 0.416 e. The molecule has 1 aromatic rings. The third-order valence-electron chi connectivity index (χ3n) is 1.76. The molecule has 0 N–H and O–H groups in total. The van der Waals surface area contributed by atoms with Crippen molar-refractivity contribution in [2.24, 2.45) is 0 Å². The lowest BCUT2D eigenvalue weighted by Crippen LogP contribution is -2.07. The first-order chi connectivity index (χ1) is 9.21. The lowest BCUT2D eigenvalue weighted by Gasteiger charge is -2.10. The fraction of sp³-hybridized carbons (Fsp3) is 0.417. The van der Waals surface area contributed by atoms with E-state index in [-0.39, 0.29) is 6.07 Å². The van der Waals surface area contributed by atoms with Crippen LogP contribution in [-0.2, 0) is 6.18 Å². The summed E-state index contributed by atoms with van der Waals surface area (Å²) < 4.78 is 70.8. The van der Waals surface area contributed by atoms with Crippen molar-refractivity contribution >= 4 is 16.8 Å². The van der Waals surface area contributed by atoms with E-state index < -0.39 is 34.5 Å². The molecule has 0 fully saturated rings. The molecular weight excluding hydrogens is 310 g/mol. The molecule has 0 saturated heterocycles. The van der Waals surface area contributed by atoms with Gasteiger partial charge in [-0.05, 0) is 29.8 Å². The minimum atomic E-state index is -4.80. The molecule has 0 heterocycles. The molecule has 0 spiro atoms. The molecule has 0 unspecified atom stereocenters. The van der Waals surface area contributed by atoms with Crippen molar-refractivity contribution in [2.45, 2.75) is 26.4 Å². The highest BCUT2D eigenvalue weighted by atomic mass is 35.5. The Labute approximate surface area is 117 Å². The highest BCUT2D eigenvalue weighted by molar-refractivity contribution is 6.67. The van der Waals surface area contributed by atoms with E-state index in [4.69, 9.17) is 11.6 Å². The summed E-state index contributed by atoms with van der Waals surface area (Å²) in [5.41, 5.74) is -2.82. The Balaban J connectivity index is 0. The SMILES string of the molecule is CC.CF.O=C(Cl)c1cc(C(F)F)cc(C(F)(F)F)c1. The number of carbonyl (C=O) groups excluding carboxylic acids is 1. The molecule has 1 nitrogen and oxygen atoms in total. The van der Waals surface area contributed by atoms with Crippen LogP contribution in [0, 0.1) is 0 Å². The van der Waals surface area contributed by atoms with E-state index >= 15 is 0 Å². The Hall–Kier alpha value is -1.24. The van der Waals surface area contributed by atoms with Crippen LogP contribution in [0.3, 0.4) is 0 Å². The predicted molar refractivity (Wildman–Crippen MR) is 65.0 cm³/mol. The summed E-state index contributed by atoms with van der Waals surface area (Å²) in [6.45, 7) is 4.00. The molecular formula is C12H13ClF6O. The van der Waals surface area contributed by atoms with Crippen molar-refractivity contribution in [1.82, 2.24) is 0 Å². The highest BCUT2D eigenvalue weighted by Gasteiger charge is 2.32. The Morgan fingerprint density at radius 1 is 1.10 bits per heavy atom. The van der Waals surface area contributed by atoms with Crippen molar-refractivity contribution in [3.05, 3.63) is 34.9 Å². The van der Waals surface area contributed by atoms with Gasteiger partial charge >= 0.3 is 6.18 Å². The number of alkyl halides is 6. The van der Waals surface area contributed by atoms with Gasteiger partial charge in [0.1, 0.15) is 0 Å². The molecule has 1 aromatic carbocycles. The van der Waals surface area contributed by atoms with Crippen molar-refractivity contribution in [1.29, 1.82) is 0 Å². The van der Waals surface area contributed by atoms with Gasteiger partial charge in [-0.1, -0.05) is 13.8 Å². The topological polar surface area (TPSA) is 17.1 Å². The van der Waals surface area contributed by atoms with Crippen LogP contribution in [0.15, 0.2) is 18.2 Å². The molecule has 0 saturated carbocycles. The van der Waals surface area contributed by atoms with E-state index in [1.54, 1.807) is 0 Å². The summed E-state index contributed by atoms with van der Waals surface area (Å²) in [5, 5.41) is -1.21. The zero-order valence-electron chi connectivity index (χ0n) is 10.9. The first-order valence-corrected chi connectivity index (χ1v) is 5.67. The number of benzene rings is 1. The average Bonchev–Trinajstić information content (AvgIpc) is 2.41.